The van der Waals surface area contributed by atoms with Gasteiger partial charge in [-0.3, -0.25) is 0 Å². The van der Waals surface area contributed by atoms with Gasteiger partial charge < -0.3 is 10.0 Å². The summed E-state index contributed by atoms with van der Waals surface area (Å²) in [6.07, 6.45) is 0. The van der Waals surface area contributed by atoms with E-state index in [1.165, 1.54) is 6.07 Å². The van der Waals surface area contributed by atoms with Gasteiger partial charge in [0, 0.05) is 15.9 Å². The Labute approximate surface area is 106 Å². The van der Waals surface area contributed by atoms with E-state index in [9.17, 15) is 8.42 Å². The number of rotatable bonds is 3. The lowest BCUT2D eigenvalue weighted by Gasteiger charge is -2.20. The second-order valence-electron chi connectivity index (χ2n) is 4.83. The lowest BCUT2D eigenvalue weighted by atomic mass is 9.82. The van der Waals surface area contributed by atoms with Crippen molar-refractivity contribution in [1.82, 2.24) is 4.72 Å². The van der Waals surface area contributed by atoms with E-state index in [-0.39, 0.29) is 9.67 Å². The molecule has 0 unspecified atom stereocenters. The molecule has 0 bridgehead atoms. The largest absolute Gasteiger partial charge is 0.490 e. The van der Waals surface area contributed by atoms with Gasteiger partial charge in [-0.2, -0.15) is 0 Å². The molecule has 0 aliphatic rings. The number of aryl methyl sites for hydroxylation is 1. The van der Waals surface area contributed by atoms with Gasteiger partial charge in [0.25, 0.3) is 0 Å². The molecule has 3 N–H and O–H groups in total. The Morgan fingerprint density at radius 3 is 2.29 bits per heavy atom. The second kappa shape index (κ2) is 4.70. The van der Waals surface area contributed by atoms with Crippen LogP contribution in [0.3, 0.4) is 0 Å². The number of thiophene rings is 1. The first-order valence-corrected chi connectivity index (χ1v) is 7.33. The van der Waals surface area contributed by atoms with Gasteiger partial charge in [-0.1, -0.05) is 0 Å². The van der Waals surface area contributed by atoms with Crippen LogP contribution in [0.1, 0.15) is 25.6 Å². The molecule has 1 aromatic heterocycles. The second-order valence-corrected chi connectivity index (χ2v) is 7.96. The molecule has 0 amide bonds. The molecule has 0 radical (unpaired) electrons. The Bertz CT molecular complexity index is 502. The lowest BCUT2D eigenvalue weighted by molar-refractivity contribution is 0.424. The highest BCUT2D eigenvalue weighted by Crippen LogP contribution is 2.20. The SMILES string of the molecule is Cc1cc(B(O)O)c(S(=O)(=O)NC(C)(C)C)s1. The van der Waals surface area contributed by atoms with E-state index in [1.807, 2.05) is 0 Å². The van der Waals surface area contributed by atoms with Crippen molar-refractivity contribution in [2.45, 2.75) is 37.4 Å². The van der Waals surface area contributed by atoms with Crippen LogP contribution in [0, 0.1) is 6.92 Å². The van der Waals surface area contributed by atoms with Crippen molar-refractivity contribution in [3.8, 4) is 0 Å². The van der Waals surface area contributed by atoms with Crippen molar-refractivity contribution in [3.05, 3.63) is 10.9 Å². The summed E-state index contributed by atoms with van der Waals surface area (Å²) in [5.74, 6) is 0. The molecule has 0 fully saturated rings. The molecule has 0 spiro atoms. The minimum Gasteiger partial charge on any atom is -0.423 e. The summed E-state index contributed by atoms with van der Waals surface area (Å²) in [5.41, 5.74) is -0.599. The number of hydrogen-bond acceptors (Lipinski definition) is 5. The molecule has 17 heavy (non-hydrogen) atoms. The van der Waals surface area contributed by atoms with Crippen LogP contribution >= 0.6 is 11.3 Å². The van der Waals surface area contributed by atoms with Gasteiger partial charge in [-0.15, -0.1) is 11.3 Å². The Hall–Kier alpha value is -0.405. The molecular weight excluding hydrogens is 261 g/mol. The van der Waals surface area contributed by atoms with Crippen molar-refractivity contribution in [2.24, 2.45) is 0 Å². The third-order valence-electron chi connectivity index (χ3n) is 1.81. The standard InChI is InChI=1S/C9H16BNO4S2/c1-6-5-7(10(12)13)8(16-6)17(14,15)11-9(2,3)4/h5,11-13H,1-4H3. The normalized spacial score (nSPS) is 12.8. The van der Waals surface area contributed by atoms with Crippen LogP contribution in [0.2, 0.25) is 0 Å². The maximum atomic E-state index is 12.1. The van der Waals surface area contributed by atoms with E-state index >= 15 is 0 Å². The smallest absolute Gasteiger partial charge is 0.423 e. The molecule has 0 aliphatic carbocycles. The van der Waals surface area contributed by atoms with E-state index in [0.29, 0.717) is 4.88 Å². The van der Waals surface area contributed by atoms with Gasteiger partial charge in [0.2, 0.25) is 10.0 Å². The molecule has 1 heterocycles. The first-order valence-electron chi connectivity index (χ1n) is 5.03. The molecule has 0 saturated heterocycles. The molecule has 96 valence electrons. The summed E-state index contributed by atoms with van der Waals surface area (Å²) in [7, 11) is -5.51. The van der Waals surface area contributed by atoms with Crippen LogP contribution in [0.5, 0.6) is 0 Å². The molecule has 0 saturated carbocycles. The molecule has 0 atom stereocenters. The van der Waals surface area contributed by atoms with E-state index in [4.69, 9.17) is 10.0 Å². The summed E-state index contributed by atoms with van der Waals surface area (Å²) in [6.45, 7) is 6.88. The van der Waals surface area contributed by atoms with E-state index < -0.39 is 22.7 Å². The fourth-order valence-electron chi connectivity index (χ4n) is 1.35. The average molecular weight is 277 g/mol. The predicted molar refractivity (Wildman–Crippen MR) is 69.0 cm³/mol. The summed E-state index contributed by atoms with van der Waals surface area (Å²) in [5, 5.41) is 18.3. The van der Waals surface area contributed by atoms with Gasteiger partial charge in [-0.05, 0) is 33.8 Å². The molecule has 8 heteroatoms. The van der Waals surface area contributed by atoms with Crippen LogP contribution in [0.15, 0.2) is 10.3 Å². The lowest BCUT2D eigenvalue weighted by Crippen LogP contribution is -2.43. The summed E-state index contributed by atoms with van der Waals surface area (Å²) in [6, 6.07) is 1.46. The van der Waals surface area contributed by atoms with E-state index in [2.05, 4.69) is 4.72 Å². The first kappa shape index (κ1) is 14.7. The van der Waals surface area contributed by atoms with Crippen molar-refractivity contribution in [2.75, 3.05) is 0 Å². The van der Waals surface area contributed by atoms with Crippen molar-refractivity contribution in [3.63, 3.8) is 0 Å². The molecule has 5 nitrogen and oxygen atoms in total. The number of sulfonamides is 1. The zero-order chi connectivity index (χ0) is 13.4. The van der Waals surface area contributed by atoms with Gasteiger partial charge in [-0.25, -0.2) is 13.1 Å². The molecule has 0 aliphatic heterocycles. The van der Waals surface area contributed by atoms with Crippen LogP contribution in [-0.2, 0) is 10.0 Å². The van der Waals surface area contributed by atoms with E-state index in [0.717, 1.165) is 11.3 Å². The third kappa shape index (κ3) is 3.79. The fourth-order valence-corrected chi connectivity index (χ4v) is 4.44. The quantitative estimate of drug-likeness (QED) is 0.669. The number of nitrogens with one attached hydrogen (secondary N) is 1. The Kier molecular flexibility index (Phi) is 4.05. The Balaban J connectivity index is 3.24. The zero-order valence-corrected chi connectivity index (χ0v) is 11.8. The molecule has 1 aromatic rings. The van der Waals surface area contributed by atoms with Crippen LogP contribution in [-0.4, -0.2) is 31.1 Å². The summed E-state index contributed by atoms with van der Waals surface area (Å²) >= 11 is 1.02. The minimum absolute atomic E-state index is 0.0178. The zero-order valence-electron chi connectivity index (χ0n) is 10.2. The first-order chi connectivity index (χ1) is 7.53. The maximum Gasteiger partial charge on any atom is 0.490 e. The fraction of sp³-hybridized carbons (Fsp3) is 0.556. The monoisotopic (exact) mass is 277 g/mol. The van der Waals surface area contributed by atoms with Crippen molar-refractivity contribution >= 4 is 33.9 Å². The summed E-state index contributed by atoms with van der Waals surface area (Å²) in [4.78, 5) is 0.711. The predicted octanol–water partition coefficient (Wildman–Crippen LogP) is -0.187. The van der Waals surface area contributed by atoms with Gasteiger partial charge in [0.1, 0.15) is 4.21 Å². The summed E-state index contributed by atoms with van der Waals surface area (Å²) < 4.78 is 26.6. The maximum absolute atomic E-state index is 12.1. The highest BCUT2D eigenvalue weighted by Gasteiger charge is 2.30. The Morgan fingerprint density at radius 1 is 1.35 bits per heavy atom. The highest BCUT2D eigenvalue weighted by atomic mass is 32.2. The average Bonchev–Trinajstić information content (AvgIpc) is 2.43. The van der Waals surface area contributed by atoms with Crippen LogP contribution < -0.4 is 10.2 Å². The van der Waals surface area contributed by atoms with Crippen molar-refractivity contribution < 1.29 is 18.5 Å². The van der Waals surface area contributed by atoms with Gasteiger partial charge in [0.05, 0.1) is 0 Å². The van der Waals surface area contributed by atoms with Crippen LogP contribution in [0.25, 0.3) is 0 Å². The Morgan fingerprint density at radius 2 is 1.88 bits per heavy atom. The topological polar surface area (TPSA) is 86.6 Å². The van der Waals surface area contributed by atoms with E-state index in [1.54, 1.807) is 27.7 Å². The molecular formula is C9H16BNO4S2. The third-order valence-corrected chi connectivity index (χ3v) is 5.19. The van der Waals surface area contributed by atoms with Crippen LogP contribution in [0.4, 0.5) is 0 Å². The van der Waals surface area contributed by atoms with Gasteiger partial charge in [0.15, 0.2) is 0 Å². The van der Waals surface area contributed by atoms with Gasteiger partial charge >= 0.3 is 7.12 Å². The minimum atomic E-state index is -3.72. The van der Waals surface area contributed by atoms with Crippen molar-refractivity contribution in [1.29, 1.82) is 0 Å². The number of hydrogen-bond donors (Lipinski definition) is 3. The highest BCUT2D eigenvalue weighted by molar-refractivity contribution is 7.92. The molecule has 0 aromatic carbocycles. The molecule has 1 rings (SSSR count).